The van der Waals surface area contributed by atoms with Crippen molar-refractivity contribution >= 4 is 18.1 Å². The number of benzene rings is 1. The summed E-state index contributed by atoms with van der Waals surface area (Å²) in [5.41, 5.74) is 6.81. The van der Waals surface area contributed by atoms with Crippen molar-refractivity contribution in [2.75, 3.05) is 14.2 Å². The SMILES string of the molecule is COc1cc(OC)c(-c2cc(=O)[nH]c(=S)n2CC(N)=O)cc1C. The van der Waals surface area contributed by atoms with E-state index >= 15 is 0 Å². The first-order valence-electron chi connectivity index (χ1n) is 6.72. The van der Waals surface area contributed by atoms with Crippen LogP contribution in [0.15, 0.2) is 23.0 Å². The number of aromatic nitrogens is 2. The number of nitrogens with two attached hydrogens (primary N) is 1. The predicted molar refractivity (Wildman–Crippen MR) is 88.4 cm³/mol. The molecule has 0 saturated carbocycles. The number of carbonyl (C=O) groups excluding carboxylic acids is 1. The number of nitrogens with zero attached hydrogens (tertiary/aromatic N) is 1. The standard InChI is InChI=1S/C15H17N3O4S/c1-8-4-9(12(22-3)6-11(8)21-2)10-5-14(20)17-15(23)18(10)7-13(16)19/h4-6H,7H2,1-3H3,(H2,16,19)(H,17,20,23). The molecule has 1 heterocycles. The minimum atomic E-state index is -0.571. The molecular formula is C15H17N3O4S. The summed E-state index contributed by atoms with van der Waals surface area (Å²) in [7, 11) is 3.07. The van der Waals surface area contributed by atoms with Gasteiger partial charge in [0.2, 0.25) is 5.91 Å². The van der Waals surface area contributed by atoms with Crippen LogP contribution in [0.4, 0.5) is 0 Å². The summed E-state index contributed by atoms with van der Waals surface area (Å²) in [6.45, 7) is 1.71. The van der Waals surface area contributed by atoms with E-state index in [1.54, 1.807) is 19.2 Å². The summed E-state index contributed by atoms with van der Waals surface area (Å²) >= 11 is 5.14. The van der Waals surface area contributed by atoms with Crippen LogP contribution in [-0.4, -0.2) is 29.7 Å². The normalized spacial score (nSPS) is 10.4. The minimum Gasteiger partial charge on any atom is -0.496 e. The number of amides is 1. The van der Waals surface area contributed by atoms with Gasteiger partial charge in [0.1, 0.15) is 18.0 Å². The van der Waals surface area contributed by atoms with E-state index in [0.717, 1.165) is 5.56 Å². The van der Waals surface area contributed by atoms with Crippen molar-refractivity contribution in [3.8, 4) is 22.8 Å². The Hall–Kier alpha value is -2.61. The summed E-state index contributed by atoms with van der Waals surface area (Å²) in [4.78, 5) is 25.6. The molecule has 0 bridgehead atoms. The molecule has 0 aliphatic heterocycles. The first-order chi connectivity index (χ1) is 10.9. The number of methoxy groups -OCH3 is 2. The zero-order valence-corrected chi connectivity index (χ0v) is 13.8. The Morgan fingerprint density at radius 1 is 1.26 bits per heavy atom. The molecular weight excluding hydrogens is 318 g/mol. The van der Waals surface area contributed by atoms with Crippen LogP contribution in [0.2, 0.25) is 0 Å². The molecule has 2 aromatic rings. The lowest BCUT2D eigenvalue weighted by Gasteiger charge is -2.17. The molecule has 8 heteroatoms. The van der Waals surface area contributed by atoms with Crippen molar-refractivity contribution in [2.24, 2.45) is 5.73 Å². The van der Waals surface area contributed by atoms with Gasteiger partial charge in [0.25, 0.3) is 5.56 Å². The van der Waals surface area contributed by atoms with Crippen LogP contribution in [0.1, 0.15) is 5.56 Å². The lowest BCUT2D eigenvalue weighted by atomic mass is 10.1. The number of carbonyl (C=O) groups is 1. The van der Waals surface area contributed by atoms with Gasteiger partial charge >= 0.3 is 0 Å². The molecule has 7 nitrogen and oxygen atoms in total. The van der Waals surface area contributed by atoms with Gasteiger partial charge in [0.05, 0.1) is 19.9 Å². The van der Waals surface area contributed by atoms with Gasteiger partial charge in [0, 0.05) is 17.7 Å². The fourth-order valence-electron chi connectivity index (χ4n) is 2.31. The van der Waals surface area contributed by atoms with E-state index in [9.17, 15) is 9.59 Å². The fraction of sp³-hybridized carbons (Fsp3) is 0.267. The highest BCUT2D eigenvalue weighted by atomic mass is 32.1. The number of hydrogen-bond donors (Lipinski definition) is 2. The molecule has 0 aliphatic rings. The van der Waals surface area contributed by atoms with E-state index in [-0.39, 0.29) is 16.9 Å². The van der Waals surface area contributed by atoms with Crippen LogP contribution in [0, 0.1) is 11.7 Å². The number of primary amides is 1. The highest BCUT2D eigenvalue weighted by molar-refractivity contribution is 7.71. The smallest absolute Gasteiger partial charge is 0.252 e. The molecule has 0 atom stereocenters. The lowest BCUT2D eigenvalue weighted by Crippen LogP contribution is -2.23. The third kappa shape index (κ3) is 3.42. The summed E-state index contributed by atoms with van der Waals surface area (Å²) in [6, 6.07) is 4.87. The van der Waals surface area contributed by atoms with E-state index in [4.69, 9.17) is 27.4 Å². The van der Waals surface area contributed by atoms with Crippen molar-refractivity contribution in [2.45, 2.75) is 13.5 Å². The van der Waals surface area contributed by atoms with Gasteiger partial charge in [-0.2, -0.15) is 0 Å². The number of nitrogens with one attached hydrogen (secondary N) is 1. The van der Waals surface area contributed by atoms with Crippen molar-refractivity contribution in [1.82, 2.24) is 9.55 Å². The molecule has 1 aromatic heterocycles. The van der Waals surface area contributed by atoms with Gasteiger partial charge in [-0.3, -0.25) is 14.6 Å². The van der Waals surface area contributed by atoms with Gasteiger partial charge in [-0.1, -0.05) is 0 Å². The lowest BCUT2D eigenvalue weighted by molar-refractivity contribution is -0.118. The van der Waals surface area contributed by atoms with E-state index < -0.39 is 5.91 Å². The zero-order valence-electron chi connectivity index (χ0n) is 13.0. The second-order valence-corrected chi connectivity index (χ2v) is 5.29. The van der Waals surface area contributed by atoms with Crippen LogP contribution in [0.5, 0.6) is 11.5 Å². The van der Waals surface area contributed by atoms with Crippen LogP contribution in [0.25, 0.3) is 11.3 Å². The van der Waals surface area contributed by atoms with Crippen LogP contribution >= 0.6 is 12.2 Å². The van der Waals surface area contributed by atoms with E-state index in [2.05, 4.69) is 4.98 Å². The Morgan fingerprint density at radius 3 is 2.48 bits per heavy atom. The second-order valence-electron chi connectivity index (χ2n) is 4.90. The summed E-state index contributed by atoms with van der Waals surface area (Å²) in [5.74, 6) is 0.569. The summed E-state index contributed by atoms with van der Waals surface area (Å²) in [5, 5.41) is 0. The zero-order chi connectivity index (χ0) is 17.1. The Balaban J connectivity index is 2.80. The molecule has 1 amide bonds. The number of H-pyrrole nitrogens is 1. The molecule has 0 radical (unpaired) electrons. The summed E-state index contributed by atoms with van der Waals surface area (Å²) in [6.07, 6.45) is 0. The second kappa shape index (κ2) is 6.66. The van der Waals surface area contributed by atoms with Gasteiger partial charge in [0.15, 0.2) is 4.77 Å². The molecule has 0 spiro atoms. The number of hydrogen-bond acceptors (Lipinski definition) is 5. The molecule has 0 fully saturated rings. The van der Waals surface area contributed by atoms with Gasteiger partial charge in [-0.15, -0.1) is 0 Å². The minimum absolute atomic E-state index is 0.113. The Bertz CT molecular complexity index is 870. The maximum absolute atomic E-state index is 11.8. The molecule has 2 rings (SSSR count). The van der Waals surface area contributed by atoms with E-state index in [0.29, 0.717) is 22.8 Å². The predicted octanol–water partition coefficient (Wildman–Crippen LogP) is 1.38. The third-order valence-electron chi connectivity index (χ3n) is 3.34. The molecule has 0 unspecified atom stereocenters. The fourth-order valence-corrected chi connectivity index (χ4v) is 2.58. The first kappa shape index (κ1) is 16.8. The number of rotatable bonds is 5. The molecule has 0 saturated heterocycles. The van der Waals surface area contributed by atoms with E-state index in [1.807, 2.05) is 6.92 Å². The third-order valence-corrected chi connectivity index (χ3v) is 3.66. The molecule has 122 valence electrons. The number of ether oxygens (including phenoxy) is 2. The quantitative estimate of drug-likeness (QED) is 0.804. The van der Waals surface area contributed by atoms with Crippen LogP contribution in [-0.2, 0) is 11.3 Å². The van der Waals surface area contributed by atoms with Gasteiger partial charge in [-0.25, -0.2) is 0 Å². The Kier molecular flexibility index (Phi) is 4.85. The van der Waals surface area contributed by atoms with Crippen LogP contribution in [0.3, 0.4) is 0 Å². The number of aromatic amines is 1. The monoisotopic (exact) mass is 335 g/mol. The average molecular weight is 335 g/mol. The molecule has 0 aliphatic carbocycles. The first-order valence-corrected chi connectivity index (χ1v) is 7.13. The van der Waals surface area contributed by atoms with Gasteiger partial charge in [-0.05, 0) is 30.8 Å². The van der Waals surface area contributed by atoms with Crippen molar-refractivity contribution in [3.05, 3.63) is 38.9 Å². The average Bonchev–Trinajstić information content (AvgIpc) is 2.49. The molecule has 3 N–H and O–H groups in total. The molecule has 1 aromatic carbocycles. The van der Waals surface area contributed by atoms with Crippen molar-refractivity contribution in [1.29, 1.82) is 0 Å². The molecule has 23 heavy (non-hydrogen) atoms. The highest BCUT2D eigenvalue weighted by Gasteiger charge is 2.16. The highest BCUT2D eigenvalue weighted by Crippen LogP contribution is 2.35. The van der Waals surface area contributed by atoms with Crippen LogP contribution < -0.4 is 20.8 Å². The summed E-state index contributed by atoms with van der Waals surface area (Å²) < 4.78 is 12.2. The number of aryl methyl sites for hydroxylation is 1. The van der Waals surface area contributed by atoms with E-state index in [1.165, 1.54) is 17.7 Å². The topological polar surface area (TPSA) is 99.3 Å². The maximum Gasteiger partial charge on any atom is 0.252 e. The van der Waals surface area contributed by atoms with Gasteiger partial charge < -0.3 is 19.8 Å². The Morgan fingerprint density at radius 2 is 1.91 bits per heavy atom. The van der Waals surface area contributed by atoms with Crippen molar-refractivity contribution in [3.63, 3.8) is 0 Å². The largest absolute Gasteiger partial charge is 0.496 e. The maximum atomic E-state index is 11.8. The van der Waals surface area contributed by atoms with Crippen molar-refractivity contribution < 1.29 is 14.3 Å². The Labute approximate surface area is 137 Å².